The van der Waals surface area contributed by atoms with Gasteiger partial charge in [-0.1, -0.05) is 0 Å². The van der Waals surface area contributed by atoms with Gasteiger partial charge in [0.15, 0.2) is 0 Å². The molecule has 0 bridgehead atoms. The summed E-state index contributed by atoms with van der Waals surface area (Å²) in [7, 11) is 0. The summed E-state index contributed by atoms with van der Waals surface area (Å²) >= 11 is 6.04. The lowest BCUT2D eigenvalue weighted by atomic mass is 10.2. The van der Waals surface area contributed by atoms with E-state index in [1.165, 1.54) is 6.07 Å². The fourth-order valence-electron chi connectivity index (χ4n) is 1.31. The monoisotopic (exact) mass is 424 g/mol. The summed E-state index contributed by atoms with van der Waals surface area (Å²) in [5.74, 6) is -3.01. The third-order valence-electron chi connectivity index (χ3n) is 2.19. The second-order valence-corrected chi connectivity index (χ2v) is 5.46. The number of carboxylic acids is 2. The van der Waals surface area contributed by atoms with Crippen LogP contribution in [0.1, 0.15) is 5.56 Å². The van der Waals surface area contributed by atoms with Gasteiger partial charge in [-0.15, -0.1) is 0 Å². The molecule has 0 atom stereocenters. The van der Waals surface area contributed by atoms with Crippen molar-refractivity contribution in [2.24, 2.45) is 5.10 Å². The minimum absolute atomic E-state index is 0.0290. The van der Waals surface area contributed by atoms with Crippen LogP contribution in [0.4, 0.5) is 0 Å². The molecule has 0 fully saturated rings. The lowest BCUT2D eigenvalue weighted by molar-refractivity contribution is -0.141. The number of benzene rings is 1. The van der Waals surface area contributed by atoms with Gasteiger partial charge in [0.25, 0.3) is 0 Å². The van der Waals surface area contributed by atoms with Crippen molar-refractivity contribution in [2.45, 2.75) is 0 Å². The number of carboxylic acid groups (broad SMARTS) is 2. The molecule has 8 nitrogen and oxygen atoms in total. The predicted octanol–water partition coefficient (Wildman–Crippen LogP) is 1.43. The first-order valence-electron chi connectivity index (χ1n) is 5.34. The Morgan fingerprint density at radius 1 is 1.14 bits per heavy atom. The molecule has 4 N–H and O–H groups in total. The Labute approximate surface area is 135 Å². The summed E-state index contributed by atoms with van der Waals surface area (Å²) in [6.07, 6.45) is 1.09. The second-order valence-electron chi connectivity index (χ2n) is 3.81. The van der Waals surface area contributed by atoms with E-state index in [2.05, 4.69) is 37.0 Å². The van der Waals surface area contributed by atoms with Crippen LogP contribution >= 0.6 is 31.9 Å². The minimum Gasteiger partial charge on any atom is -0.506 e. The molecule has 1 aromatic rings. The van der Waals surface area contributed by atoms with Gasteiger partial charge in [-0.2, -0.15) is 5.10 Å². The Hall–Kier alpha value is -1.81. The van der Waals surface area contributed by atoms with Gasteiger partial charge in [0.1, 0.15) is 29.1 Å². The van der Waals surface area contributed by atoms with Crippen LogP contribution < -0.4 is 0 Å². The van der Waals surface area contributed by atoms with Crippen molar-refractivity contribution in [1.82, 2.24) is 5.01 Å². The summed E-state index contributed by atoms with van der Waals surface area (Å²) in [6.45, 7) is -1.21. The zero-order valence-electron chi connectivity index (χ0n) is 10.3. The van der Waals surface area contributed by atoms with Crippen LogP contribution in [0.15, 0.2) is 20.1 Å². The summed E-state index contributed by atoms with van der Waals surface area (Å²) < 4.78 is 0.304. The van der Waals surface area contributed by atoms with E-state index >= 15 is 0 Å². The molecule has 10 heteroatoms. The first kappa shape index (κ1) is 17.2. The number of carbonyl (C=O) groups is 2. The fraction of sp³-hybridized carbons (Fsp3) is 0.182. The van der Waals surface area contributed by atoms with Crippen LogP contribution in [-0.2, 0) is 9.59 Å². The highest BCUT2D eigenvalue weighted by Gasteiger charge is 2.14. The Morgan fingerprint density at radius 2 is 1.67 bits per heavy atom. The molecule has 0 spiro atoms. The van der Waals surface area contributed by atoms with E-state index in [-0.39, 0.29) is 26.0 Å². The highest BCUT2D eigenvalue weighted by molar-refractivity contribution is 9.11. The number of nitrogens with zero attached hydrogens (tertiary/aromatic N) is 2. The molecule has 0 aliphatic rings. The first-order valence-corrected chi connectivity index (χ1v) is 6.93. The van der Waals surface area contributed by atoms with Gasteiger partial charge < -0.3 is 20.4 Å². The van der Waals surface area contributed by atoms with Gasteiger partial charge in [0.2, 0.25) is 0 Å². The number of hydrogen-bond donors (Lipinski definition) is 4. The second kappa shape index (κ2) is 7.27. The zero-order chi connectivity index (χ0) is 16.2. The molecule has 0 saturated carbocycles. The third kappa shape index (κ3) is 4.90. The van der Waals surface area contributed by atoms with Crippen molar-refractivity contribution in [3.63, 3.8) is 0 Å². The van der Waals surface area contributed by atoms with Crippen molar-refractivity contribution in [3.05, 3.63) is 20.6 Å². The van der Waals surface area contributed by atoms with Crippen molar-refractivity contribution in [2.75, 3.05) is 13.1 Å². The van der Waals surface area contributed by atoms with E-state index in [0.717, 1.165) is 11.2 Å². The Morgan fingerprint density at radius 3 is 2.14 bits per heavy atom. The number of aromatic hydroxyl groups is 2. The average Bonchev–Trinajstić information content (AvgIpc) is 2.37. The number of aliphatic carboxylic acids is 2. The molecule has 21 heavy (non-hydrogen) atoms. The van der Waals surface area contributed by atoms with E-state index in [1.807, 2.05) is 0 Å². The van der Waals surface area contributed by atoms with Crippen LogP contribution in [-0.4, -0.2) is 56.7 Å². The molecule has 0 radical (unpaired) electrons. The van der Waals surface area contributed by atoms with E-state index in [4.69, 9.17) is 10.2 Å². The van der Waals surface area contributed by atoms with Gasteiger partial charge in [-0.3, -0.25) is 14.6 Å². The highest BCUT2D eigenvalue weighted by Crippen LogP contribution is 2.40. The molecule has 0 aliphatic heterocycles. The lowest BCUT2D eigenvalue weighted by Crippen LogP contribution is -2.30. The maximum Gasteiger partial charge on any atom is 0.324 e. The fourth-order valence-corrected chi connectivity index (χ4v) is 2.46. The largest absolute Gasteiger partial charge is 0.506 e. The van der Waals surface area contributed by atoms with E-state index in [9.17, 15) is 19.8 Å². The Kier molecular flexibility index (Phi) is 5.97. The molecule has 0 saturated heterocycles. The van der Waals surface area contributed by atoms with E-state index in [0.29, 0.717) is 0 Å². The van der Waals surface area contributed by atoms with Crippen LogP contribution in [0.25, 0.3) is 0 Å². The first-order chi connectivity index (χ1) is 9.72. The molecule has 114 valence electrons. The third-order valence-corrected chi connectivity index (χ3v) is 3.55. The van der Waals surface area contributed by atoms with Crippen LogP contribution in [0, 0.1) is 0 Å². The molecule has 1 aromatic carbocycles. The van der Waals surface area contributed by atoms with Crippen LogP contribution in [0.2, 0.25) is 0 Å². The van der Waals surface area contributed by atoms with Gasteiger partial charge >= 0.3 is 11.9 Å². The number of hydrazone groups is 1. The van der Waals surface area contributed by atoms with Crippen molar-refractivity contribution in [3.8, 4) is 11.5 Å². The number of phenolic OH excluding ortho intramolecular Hbond substituents is 2. The number of halogens is 2. The highest BCUT2D eigenvalue weighted by atomic mass is 79.9. The standard InChI is InChI=1S/C11H10Br2N2O6/c12-6-1-5(10(20)9(13)11(6)21)2-14-15(3-7(16)17)4-8(18)19/h1-2,20-21H,3-4H2,(H,16,17)(H,18,19)/b14-2-. The topological polar surface area (TPSA) is 131 Å². The van der Waals surface area contributed by atoms with Gasteiger partial charge in [0.05, 0.1) is 10.7 Å². The minimum atomic E-state index is -1.24. The summed E-state index contributed by atoms with van der Waals surface area (Å²) in [6, 6.07) is 1.35. The number of hydrogen-bond acceptors (Lipinski definition) is 6. The van der Waals surface area contributed by atoms with Crippen molar-refractivity contribution >= 4 is 50.0 Å². The molecule has 0 unspecified atom stereocenters. The average molecular weight is 426 g/mol. The van der Waals surface area contributed by atoms with Gasteiger partial charge in [0, 0.05) is 5.56 Å². The number of rotatable bonds is 6. The van der Waals surface area contributed by atoms with Crippen LogP contribution in [0.5, 0.6) is 11.5 Å². The molecule has 0 aromatic heterocycles. The quantitative estimate of drug-likeness (QED) is 0.400. The summed E-state index contributed by atoms with van der Waals surface area (Å²) in [5.41, 5.74) is 0.160. The maximum absolute atomic E-state index is 10.6. The van der Waals surface area contributed by atoms with Gasteiger partial charge in [-0.05, 0) is 37.9 Å². The lowest BCUT2D eigenvalue weighted by Gasteiger charge is -2.14. The van der Waals surface area contributed by atoms with Crippen molar-refractivity contribution in [1.29, 1.82) is 0 Å². The normalized spacial score (nSPS) is 10.8. The van der Waals surface area contributed by atoms with Gasteiger partial charge in [-0.25, -0.2) is 0 Å². The van der Waals surface area contributed by atoms with Crippen LogP contribution in [0.3, 0.4) is 0 Å². The molecular formula is C11H10Br2N2O6. The molecule has 0 aliphatic carbocycles. The zero-order valence-corrected chi connectivity index (χ0v) is 13.5. The molecule has 0 amide bonds. The van der Waals surface area contributed by atoms with Crippen molar-refractivity contribution < 1.29 is 30.0 Å². The molecular weight excluding hydrogens is 416 g/mol. The smallest absolute Gasteiger partial charge is 0.324 e. The summed E-state index contributed by atoms with van der Waals surface area (Å²) in [4.78, 5) is 21.2. The predicted molar refractivity (Wildman–Crippen MR) is 79.6 cm³/mol. The van der Waals surface area contributed by atoms with E-state index < -0.39 is 25.0 Å². The Bertz CT molecular complexity index is 589. The molecule has 0 heterocycles. The number of phenols is 2. The van der Waals surface area contributed by atoms with E-state index in [1.54, 1.807) is 0 Å². The maximum atomic E-state index is 10.6. The Balaban J connectivity index is 3.06. The SMILES string of the molecule is O=C(O)CN(CC(=O)O)/N=C\c1cc(Br)c(O)c(Br)c1O. The molecule has 1 rings (SSSR count). The summed E-state index contributed by atoms with van der Waals surface area (Å²) in [5, 5.41) is 41.2.